The summed E-state index contributed by atoms with van der Waals surface area (Å²) in [7, 11) is 0. The number of hydrogen-bond acceptors (Lipinski definition) is 4. The van der Waals surface area contributed by atoms with Crippen molar-refractivity contribution in [2.24, 2.45) is 0 Å². The van der Waals surface area contributed by atoms with E-state index < -0.39 is 4.92 Å². The van der Waals surface area contributed by atoms with Crippen molar-refractivity contribution in [1.29, 1.82) is 0 Å². The highest BCUT2D eigenvalue weighted by atomic mass is 32.1. The summed E-state index contributed by atoms with van der Waals surface area (Å²) in [4.78, 5) is 21.6. The number of carbonyl (C=O) groups is 1. The zero-order chi connectivity index (χ0) is 9.84. The molecule has 0 N–H and O–H groups in total. The predicted octanol–water partition coefficient (Wildman–Crippen LogP) is 2.64. The quantitative estimate of drug-likeness (QED) is 0.425. The van der Waals surface area contributed by atoms with Gasteiger partial charge in [-0.15, -0.1) is 0 Å². The number of ketones is 1. The maximum Gasteiger partial charge on any atom is 0.324 e. The lowest BCUT2D eigenvalue weighted by molar-refractivity contribution is -0.380. The molecule has 0 fully saturated rings. The molecule has 0 atom stereocenters. The Hall–Kier alpha value is -1.23. The van der Waals surface area contributed by atoms with Gasteiger partial charge >= 0.3 is 5.00 Å². The van der Waals surface area contributed by atoms with Gasteiger partial charge in [0.05, 0.1) is 9.80 Å². The van der Waals surface area contributed by atoms with Crippen molar-refractivity contribution in [3.8, 4) is 0 Å². The van der Waals surface area contributed by atoms with Gasteiger partial charge in [-0.1, -0.05) is 18.3 Å². The molecule has 5 heteroatoms. The molecule has 0 amide bonds. The molecule has 0 bridgehead atoms. The van der Waals surface area contributed by atoms with Gasteiger partial charge in [-0.2, -0.15) is 0 Å². The van der Waals surface area contributed by atoms with Gasteiger partial charge in [-0.3, -0.25) is 14.9 Å². The van der Waals surface area contributed by atoms with Gasteiger partial charge in [-0.25, -0.2) is 0 Å². The number of rotatable bonds is 4. The van der Waals surface area contributed by atoms with E-state index in [-0.39, 0.29) is 10.8 Å². The van der Waals surface area contributed by atoms with Crippen molar-refractivity contribution in [3.63, 3.8) is 0 Å². The van der Waals surface area contributed by atoms with E-state index in [4.69, 9.17) is 0 Å². The van der Waals surface area contributed by atoms with Crippen LogP contribution in [0.2, 0.25) is 0 Å². The van der Waals surface area contributed by atoms with Crippen molar-refractivity contribution in [3.05, 3.63) is 27.1 Å². The lowest BCUT2D eigenvalue weighted by Gasteiger charge is -1.90. The van der Waals surface area contributed by atoms with Crippen LogP contribution < -0.4 is 0 Å². The summed E-state index contributed by atoms with van der Waals surface area (Å²) in [5.41, 5.74) is 0. The standard InChI is InChI=1S/C8H9NO3S/c1-2-3-6(10)7-4-5-8(13-7)9(11)12/h4-5H,2-3H2,1H3. The highest BCUT2D eigenvalue weighted by molar-refractivity contribution is 7.17. The first kappa shape index (κ1) is 9.85. The molecule has 0 aliphatic rings. The highest BCUT2D eigenvalue weighted by Gasteiger charge is 2.13. The Kier molecular flexibility index (Phi) is 3.13. The summed E-state index contributed by atoms with van der Waals surface area (Å²) in [5, 5.41) is 10.3. The molecule has 4 nitrogen and oxygen atoms in total. The Morgan fingerprint density at radius 2 is 2.31 bits per heavy atom. The summed E-state index contributed by atoms with van der Waals surface area (Å²) in [6.45, 7) is 1.90. The zero-order valence-corrected chi connectivity index (χ0v) is 7.97. The second kappa shape index (κ2) is 4.13. The van der Waals surface area contributed by atoms with Gasteiger partial charge in [-0.05, 0) is 12.5 Å². The second-order valence-electron chi connectivity index (χ2n) is 2.57. The smallest absolute Gasteiger partial charge is 0.293 e. The Bertz CT molecular complexity index is 332. The van der Waals surface area contributed by atoms with Crippen molar-refractivity contribution in [2.75, 3.05) is 0 Å². The van der Waals surface area contributed by atoms with Gasteiger partial charge in [0.15, 0.2) is 5.78 Å². The van der Waals surface area contributed by atoms with E-state index in [9.17, 15) is 14.9 Å². The summed E-state index contributed by atoms with van der Waals surface area (Å²) in [6.07, 6.45) is 1.22. The number of hydrogen-bond donors (Lipinski definition) is 0. The maximum absolute atomic E-state index is 11.3. The third-order valence-electron chi connectivity index (χ3n) is 1.52. The first-order valence-electron chi connectivity index (χ1n) is 3.92. The number of thiophene rings is 1. The van der Waals surface area contributed by atoms with Crippen LogP contribution >= 0.6 is 11.3 Å². The van der Waals surface area contributed by atoms with Crippen molar-refractivity contribution < 1.29 is 9.72 Å². The number of Topliss-reactive ketones (excluding diaryl/α,β-unsaturated/α-hetero) is 1. The average Bonchev–Trinajstić information content (AvgIpc) is 2.52. The minimum absolute atomic E-state index is 0.0133. The first-order chi connectivity index (χ1) is 6.15. The molecule has 1 rings (SSSR count). The van der Waals surface area contributed by atoms with Crippen LogP contribution in [-0.2, 0) is 0 Å². The average molecular weight is 199 g/mol. The zero-order valence-electron chi connectivity index (χ0n) is 7.15. The molecule has 70 valence electrons. The SMILES string of the molecule is CCCC(=O)c1ccc([N+](=O)[O-])s1. The van der Waals surface area contributed by atoms with Gasteiger partial charge in [0.25, 0.3) is 0 Å². The normalized spacial score (nSPS) is 9.92. The number of nitrogens with zero attached hydrogens (tertiary/aromatic N) is 1. The molecule has 0 aromatic carbocycles. The molecule has 0 saturated heterocycles. The minimum atomic E-state index is -0.479. The molecule has 1 aromatic heterocycles. The highest BCUT2D eigenvalue weighted by Crippen LogP contribution is 2.24. The molecule has 0 spiro atoms. The maximum atomic E-state index is 11.3. The third-order valence-corrected chi connectivity index (χ3v) is 2.60. The summed E-state index contributed by atoms with van der Waals surface area (Å²) < 4.78 is 0. The summed E-state index contributed by atoms with van der Waals surface area (Å²) >= 11 is 0.940. The number of carbonyl (C=O) groups excluding carboxylic acids is 1. The molecule has 1 heterocycles. The Balaban J connectivity index is 2.79. The predicted molar refractivity (Wildman–Crippen MR) is 50.2 cm³/mol. The molecular formula is C8H9NO3S. The fraction of sp³-hybridized carbons (Fsp3) is 0.375. The van der Waals surface area contributed by atoms with Gasteiger partial charge < -0.3 is 0 Å². The van der Waals surface area contributed by atoms with Crippen LogP contribution in [0, 0.1) is 10.1 Å². The Labute approximate surface area is 79.3 Å². The topological polar surface area (TPSA) is 60.2 Å². The van der Waals surface area contributed by atoms with Gasteiger partial charge in [0.1, 0.15) is 0 Å². The van der Waals surface area contributed by atoms with E-state index in [0.717, 1.165) is 17.8 Å². The molecule has 0 saturated carbocycles. The van der Waals surface area contributed by atoms with Crippen LogP contribution in [0.15, 0.2) is 12.1 Å². The van der Waals surface area contributed by atoms with Crippen LogP contribution in [0.25, 0.3) is 0 Å². The second-order valence-corrected chi connectivity index (χ2v) is 3.63. The largest absolute Gasteiger partial charge is 0.324 e. The number of nitro groups is 1. The molecule has 0 radical (unpaired) electrons. The van der Waals surface area contributed by atoms with Crippen molar-refractivity contribution >= 4 is 22.1 Å². The first-order valence-corrected chi connectivity index (χ1v) is 4.74. The fourth-order valence-corrected chi connectivity index (χ4v) is 1.71. The van der Waals surface area contributed by atoms with E-state index in [0.29, 0.717) is 11.3 Å². The lowest BCUT2D eigenvalue weighted by atomic mass is 10.2. The fourth-order valence-electron chi connectivity index (χ4n) is 0.926. The molecule has 0 aliphatic heterocycles. The molecular weight excluding hydrogens is 190 g/mol. The molecule has 1 aromatic rings. The lowest BCUT2D eigenvalue weighted by Crippen LogP contribution is -1.93. The van der Waals surface area contributed by atoms with Crippen LogP contribution in [0.3, 0.4) is 0 Å². The summed E-state index contributed by atoms with van der Waals surface area (Å²) in [5.74, 6) is -0.0133. The van der Waals surface area contributed by atoms with Crippen molar-refractivity contribution in [1.82, 2.24) is 0 Å². The summed E-state index contributed by atoms with van der Waals surface area (Å²) in [6, 6.07) is 2.88. The van der Waals surface area contributed by atoms with Gasteiger partial charge in [0.2, 0.25) is 0 Å². The van der Waals surface area contributed by atoms with E-state index >= 15 is 0 Å². The van der Waals surface area contributed by atoms with Crippen molar-refractivity contribution in [2.45, 2.75) is 19.8 Å². The Morgan fingerprint density at radius 1 is 1.62 bits per heavy atom. The molecule has 0 unspecified atom stereocenters. The Morgan fingerprint density at radius 3 is 2.77 bits per heavy atom. The third kappa shape index (κ3) is 2.35. The van der Waals surface area contributed by atoms with E-state index in [2.05, 4.69) is 0 Å². The van der Waals surface area contributed by atoms with E-state index in [1.54, 1.807) is 0 Å². The van der Waals surface area contributed by atoms with Crippen LogP contribution in [0.4, 0.5) is 5.00 Å². The van der Waals surface area contributed by atoms with Crippen LogP contribution in [0.1, 0.15) is 29.4 Å². The monoisotopic (exact) mass is 199 g/mol. The van der Waals surface area contributed by atoms with Crippen LogP contribution in [0.5, 0.6) is 0 Å². The van der Waals surface area contributed by atoms with Gasteiger partial charge in [0, 0.05) is 12.5 Å². The van der Waals surface area contributed by atoms with E-state index in [1.807, 2.05) is 6.92 Å². The molecule has 0 aliphatic carbocycles. The van der Waals surface area contributed by atoms with E-state index in [1.165, 1.54) is 12.1 Å². The van der Waals surface area contributed by atoms with Crippen LogP contribution in [-0.4, -0.2) is 10.7 Å². The minimum Gasteiger partial charge on any atom is -0.293 e. The molecule has 13 heavy (non-hydrogen) atoms.